The van der Waals surface area contributed by atoms with Crippen LogP contribution in [0, 0.1) is 0 Å². The first kappa shape index (κ1) is 13.5. The Morgan fingerprint density at radius 2 is 2.16 bits per heavy atom. The maximum absolute atomic E-state index is 6.17. The van der Waals surface area contributed by atoms with Gasteiger partial charge in [0.1, 0.15) is 18.4 Å². The van der Waals surface area contributed by atoms with Gasteiger partial charge in [0, 0.05) is 0 Å². The van der Waals surface area contributed by atoms with Crippen LogP contribution in [-0.4, -0.2) is 27.2 Å². The molecular weight excluding hydrogens is 264 g/mol. The summed E-state index contributed by atoms with van der Waals surface area (Å²) in [4.78, 5) is 0. The smallest absolute Gasteiger partial charge is 0.141 e. The topological polar surface area (TPSA) is 52.3 Å². The van der Waals surface area contributed by atoms with E-state index in [1.807, 2.05) is 25.1 Å². The van der Waals surface area contributed by atoms with Gasteiger partial charge in [-0.3, -0.25) is 0 Å². The highest BCUT2D eigenvalue weighted by Crippen LogP contribution is 2.26. The minimum Gasteiger partial charge on any atom is -0.489 e. The average Bonchev–Trinajstić information content (AvgIpc) is 2.92. The van der Waals surface area contributed by atoms with Crippen LogP contribution < -0.4 is 4.74 Å². The van der Waals surface area contributed by atoms with Crippen molar-refractivity contribution in [2.75, 3.05) is 0 Å². The molecule has 0 radical (unpaired) electrons. The van der Waals surface area contributed by atoms with Crippen LogP contribution in [0.5, 0.6) is 5.75 Å². The highest BCUT2D eigenvalue weighted by atomic mass is 35.5. The van der Waals surface area contributed by atoms with Gasteiger partial charge in [-0.1, -0.05) is 18.5 Å². The van der Waals surface area contributed by atoms with Crippen LogP contribution in [0.1, 0.15) is 25.8 Å². The molecule has 19 heavy (non-hydrogen) atoms. The molecule has 0 spiro atoms. The van der Waals surface area contributed by atoms with Crippen LogP contribution in [0.4, 0.5) is 0 Å². The second-order valence-corrected chi connectivity index (χ2v) is 4.52. The Morgan fingerprint density at radius 1 is 1.42 bits per heavy atom. The van der Waals surface area contributed by atoms with E-state index in [9.17, 15) is 0 Å². The minimum atomic E-state index is 0.147. The van der Waals surface area contributed by atoms with E-state index >= 15 is 0 Å². The molecule has 0 aliphatic rings. The van der Waals surface area contributed by atoms with Crippen LogP contribution in [0.25, 0.3) is 0 Å². The Hall–Kier alpha value is -1.88. The SMILES string of the molecule is CC[C@H](C)Oc1ccc(/C=N\n2cnnc2)cc1Cl. The van der Waals surface area contributed by atoms with E-state index in [-0.39, 0.29) is 6.10 Å². The summed E-state index contributed by atoms with van der Waals surface area (Å²) in [7, 11) is 0. The molecule has 0 aliphatic heterocycles. The molecule has 0 N–H and O–H groups in total. The van der Waals surface area contributed by atoms with E-state index in [0.717, 1.165) is 12.0 Å². The zero-order valence-corrected chi connectivity index (χ0v) is 11.6. The van der Waals surface area contributed by atoms with Crippen LogP contribution >= 0.6 is 11.6 Å². The molecule has 1 aromatic carbocycles. The maximum atomic E-state index is 6.17. The van der Waals surface area contributed by atoms with Gasteiger partial charge in [-0.2, -0.15) is 5.10 Å². The monoisotopic (exact) mass is 278 g/mol. The van der Waals surface area contributed by atoms with E-state index in [1.54, 1.807) is 6.21 Å². The lowest BCUT2D eigenvalue weighted by molar-refractivity contribution is 0.217. The van der Waals surface area contributed by atoms with Crippen molar-refractivity contribution in [3.8, 4) is 5.75 Å². The molecule has 0 amide bonds. The Kier molecular flexibility index (Phi) is 4.52. The van der Waals surface area contributed by atoms with E-state index in [0.29, 0.717) is 10.8 Å². The van der Waals surface area contributed by atoms with Crippen LogP contribution in [0.3, 0.4) is 0 Å². The van der Waals surface area contributed by atoms with Gasteiger partial charge < -0.3 is 4.74 Å². The molecular formula is C13H15ClN4O. The third kappa shape index (κ3) is 3.79. The molecule has 0 bridgehead atoms. The Balaban J connectivity index is 2.10. The zero-order valence-electron chi connectivity index (χ0n) is 10.8. The molecule has 0 saturated carbocycles. The average molecular weight is 279 g/mol. The molecule has 1 heterocycles. The first-order valence-corrected chi connectivity index (χ1v) is 6.42. The highest BCUT2D eigenvalue weighted by Gasteiger charge is 2.06. The van der Waals surface area contributed by atoms with Gasteiger partial charge in [-0.05, 0) is 37.1 Å². The summed E-state index contributed by atoms with van der Waals surface area (Å²) in [6.45, 7) is 4.08. The van der Waals surface area contributed by atoms with Crippen LogP contribution in [0.15, 0.2) is 36.0 Å². The molecule has 5 nitrogen and oxygen atoms in total. The van der Waals surface area contributed by atoms with Crippen molar-refractivity contribution in [2.24, 2.45) is 5.10 Å². The Bertz CT molecular complexity index is 554. The summed E-state index contributed by atoms with van der Waals surface area (Å²) < 4.78 is 7.21. The van der Waals surface area contributed by atoms with E-state index in [2.05, 4.69) is 22.2 Å². The van der Waals surface area contributed by atoms with Crippen molar-refractivity contribution in [2.45, 2.75) is 26.4 Å². The normalized spacial score (nSPS) is 12.8. The first-order valence-electron chi connectivity index (χ1n) is 6.04. The van der Waals surface area contributed by atoms with Crippen molar-refractivity contribution < 1.29 is 4.74 Å². The lowest BCUT2D eigenvalue weighted by Crippen LogP contribution is -2.09. The number of hydrogen-bond donors (Lipinski definition) is 0. The highest BCUT2D eigenvalue weighted by molar-refractivity contribution is 6.32. The van der Waals surface area contributed by atoms with Gasteiger partial charge in [0.05, 0.1) is 17.3 Å². The third-order valence-electron chi connectivity index (χ3n) is 2.61. The lowest BCUT2D eigenvalue weighted by atomic mass is 10.2. The fourth-order valence-electron chi connectivity index (χ4n) is 1.38. The van der Waals surface area contributed by atoms with E-state index < -0.39 is 0 Å². The van der Waals surface area contributed by atoms with Crippen molar-refractivity contribution in [3.63, 3.8) is 0 Å². The molecule has 2 aromatic rings. The molecule has 1 atom stereocenters. The summed E-state index contributed by atoms with van der Waals surface area (Å²) in [5, 5.41) is 12.1. The number of benzene rings is 1. The lowest BCUT2D eigenvalue weighted by Gasteiger charge is -2.13. The molecule has 0 saturated heterocycles. The number of ether oxygens (including phenoxy) is 1. The summed E-state index contributed by atoms with van der Waals surface area (Å²) in [5.41, 5.74) is 0.884. The largest absolute Gasteiger partial charge is 0.489 e. The van der Waals surface area contributed by atoms with Crippen molar-refractivity contribution >= 4 is 17.8 Å². The number of nitrogens with zero attached hydrogens (tertiary/aromatic N) is 4. The number of rotatable bonds is 5. The minimum absolute atomic E-state index is 0.147. The van der Waals surface area contributed by atoms with Crippen molar-refractivity contribution in [1.29, 1.82) is 0 Å². The fourth-order valence-corrected chi connectivity index (χ4v) is 1.61. The predicted molar refractivity (Wildman–Crippen MR) is 74.8 cm³/mol. The van der Waals surface area contributed by atoms with Gasteiger partial charge in [0.2, 0.25) is 0 Å². The van der Waals surface area contributed by atoms with Gasteiger partial charge in [0.15, 0.2) is 0 Å². The summed E-state index contributed by atoms with van der Waals surface area (Å²) in [6.07, 6.45) is 5.79. The van der Waals surface area contributed by atoms with Crippen LogP contribution in [0.2, 0.25) is 5.02 Å². The standard InChI is InChI=1S/C13H15ClN4O/c1-3-10(2)19-13-5-4-11(6-12(13)14)7-17-18-8-15-16-9-18/h4-10H,3H2,1-2H3/b17-7-/t10-/m0/s1. The summed E-state index contributed by atoms with van der Waals surface area (Å²) in [5.74, 6) is 0.692. The first-order chi connectivity index (χ1) is 9.19. The van der Waals surface area contributed by atoms with Crippen LogP contribution in [-0.2, 0) is 0 Å². The second kappa shape index (κ2) is 6.33. The molecule has 6 heteroatoms. The van der Waals surface area contributed by atoms with Gasteiger partial charge >= 0.3 is 0 Å². The van der Waals surface area contributed by atoms with Crippen molar-refractivity contribution in [1.82, 2.24) is 14.9 Å². The number of halogens is 1. The van der Waals surface area contributed by atoms with Gasteiger partial charge in [-0.25, -0.2) is 4.68 Å². The van der Waals surface area contributed by atoms with Gasteiger partial charge in [-0.15, -0.1) is 10.2 Å². The fraction of sp³-hybridized carbons (Fsp3) is 0.308. The van der Waals surface area contributed by atoms with E-state index in [1.165, 1.54) is 17.3 Å². The Labute approximate surface area is 116 Å². The summed E-state index contributed by atoms with van der Waals surface area (Å²) >= 11 is 6.17. The predicted octanol–water partition coefficient (Wildman–Crippen LogP) is 2.99. The number of aromatic nitrogens is 3. The molecule has 0 aliphatic carbocycles. The third-order valence-corrected chi connectivity index (χ3v) is 2.90. The number of hydrogen-bond acceptors (Lipinski definition) is 4. The molecule has 100 valence electrons. The molecule has 2 rings (SSSR count). The summed E-state index contributed by atoms with van der Waals surface area (Å²) in [6, 6.07) is 5.56. The van der Waals surface area contributed by atoms with E-state index in [4.69, 9.17) is 16.3 Å². The molecule has 1 aromatic heterocycles. The zero-order chi connectivity index (χ0) is 13.7. The van der Waals surface area contributed by atoms with Gasteiger partial charge in [0.25, 0.3) is 0 Å². The molecule has 0 fully saturated rings. The Morgan fingerprint density at radius 3 is 2.79 bits per heavy atom. The van der Waals surface area contributed by atoms with Crippen molar-refractivity contribution in [3.05, 3.63) is 41.4 Å². The molecule has 0 unspecified atom stereocenters. The maximum Gasteiger partial charge on any atom is 0.141 e. The quantitative estimate of drug-likeness (QED) is 0.790. The second-order valence-electron chi connectivity index (χ2n) is 4.11.